The van der Waals surface area contributed by atoms with E-state index in [0.717, 1.165) is 11.3 Å². The van der Waals surface area contributed by atoms with Crippen molar-refractivity contribution >= 4 is 27.3 Å². The molecule has 0 saturated heterocycles. The number of halogens is 2. The lowest BCUT2D eigenvalue weighted by Crippen LogP contribution is -2.32. The van der Waals surface area contributed by atoms with Crippen molar-refractivity contribution in [1.82, 2.24) is 9.71 Å². The average molecular weight is 346 g/mol. The zero-order valence-corrected chi connectivity index (χ0v) is 12.8. The lowest BCUT2D eigenvalue weighted by atomic mass is 9.96. The van der Waals surface area contributed by atoms with Crippen molar-refractivity contribution in [2.24, 2.45) is 0 Å². The Balaban J connectivity index is 2.10. The highest BCUT2D eigenvalue weighted by atomic mass is 32.2. The van der Waals surface area contributed by atoms with Crippen LogP contribution < -0.4 is 4.72 Å². The van der Waals surface area contributed by atoms with E-state index in [-0.39, 0.29) is 10.6 Å². The van der Waals surface area contributed by atoms with Crippen molar-refractivity contribution < 1.29 is 22.0 Å². The molecule has 2 rings (SSSR count). The van der Waals surface area contributed by atoms with Crippen molar-refractivity contribution in [2.75, 3.05) is 0 Å². The Morgan fingerprint density at radius 2 is 1.95 bits per heavy atom. The van der Waals surface area contributed by atoms with E-state index in [1.165, 1.54) is 23.0 Å². The van der Waals surface area contributed by atoms with Gasteiger partial charge in [-0.25, -0.2) is 18.5 Å². The normalized spacial score (nSPS) is 13.0. The molecule has 118 valence electrons. The van der Waals surface area contributed by atoms with Crippen LogP contribution in [0.25, 0.3) is 0 Å². The minimum absolute atomic E-state index is 0.277. The molecule has 5 nitrogen and oxygen atoms in total. The molecule has 0 radical (unpaired) electrons. The molecule has 1 heterocycles. The van der Waals surface area contributed by atoms with Crippen molar-refractivity contribution in [2.45, 2.75) is 23.8 Å². The molecule has 1 amide bonds. The summed E-state index contributed by atoms with van der Waals surface area (Å²) >= 11 is 1.05. The Morgan fingerprint density at radius 1 is 1.27 bits per heavy atom. The van der Waals surface area contributed by atoms with Crippen LogP contribution in [0.5, 0.6) is 0 Å². The minimum Gasteiger partial charge on any atom is -0.274 e. The van der Waals surface area contributed by atoms with Crippen LogP contribution in [0.3, 0.4) is 0 Å². The fraction of sp³-hybridized carbons (Fsp3) is 0.231. The van der Waals surface area contributed by atoms with Gasteiger partial charge in [0.2, 0.25) is 12.3 Å². The molecule has 1 aromatic heterocycles. The second kappa shape index (κ2) is 6.93. The Hall–Kier alpha value is -1.87. The molecule has 0 aliphatic rings. The third kappa shape index (κ3) is 4.08. The molecule has 0 saturated carbocycles. The van der Waals surface area contributed by atoms with Crippen LogP contribution in [0.2, 0.25) is 0 Å². The number of sulfonamides is 1. The highest BCUT2D eigenvalue weighted by molar-refractivity contribution is 7.90. The van der Waals surface area contributed by atoms with Crippen LogP contribution in [-0.4, -0.2) is 25.7 Å². The molecule has 0 fully saturated rings. The van der Waals surface area contributed by atoms with Gasteiger partial charge in [-0.2, -0.15) is 8.42 Å². The van der Waals surface area contributed by atoms with Crippen molar-refractivity contribution in [3.63, 3.8) is 0 Å². The van der Waals surface area contributed by atoms with Gasteiger partial charge >= 0.3 is 0 Å². The fourth-order valence-corrected chi connectivity index (χ4v) is 3.66. The zero-order chi connectivity index (χ0) is 16.2. The van der Waals surface area contributed by atoms with Crippen molar-refractivity contribution in [3.8, 4) is 0 Å². The summed E-state index contributed by atoms with van der Waals surface area (Å²) < 4.78 is 51.6. The fourth-order valence-electron chi connectivity index (χ4n) is 1.83. The number of hydrogen-bond donors (Lipinski definition) is 1. The lowest BCUT2D eigenvalue weighted by Gasteiger charge is -2.16. The SMILES string of the molecule is O=C(CC(c1ccccc1)C(F)F)NS(=O)(=O)c1cscn1. The lowest BCUT2D eigenvalue weighted by molar-refractivity contribution is -0.120. The molecule has 0 aliphatic carbocycles. The Bertz CT molecular complexity index is 719. The second-order valence-corrected chi connectivity index (χ2v) is 6.76. The summed E-state index contributed by atoms with van der Waals surface area (Å²) in [6.45, 7) is 0. The first-order chi connectivity index (χ1) is 10.4. The first kappa shape index (κ1) is 16.5. The second-order valence-electron chi connectivity index (χ2n) is 4.41. The number of nitrogens with zero attached hydrogens (tertiary/aromatic N) is 1. The third-order valence-corrected chi connectivity index (χ3v) is 4.88. The van der Waals surface area contributed by atoms with E-state index in [1.807, 2.05) is 0 Å². The number of alkyl halides is 2. The van der Waals surface area contributed by atoms with Crippen LogP contribution in [0.1, 0.15) is 17.9 Å². The maximum absolute atomic E-state index is 13.1. The molecule has 2 aromatic rings. The van der Waals surface area contributed by atoms with Crippen LogP contribution in [0.4, 0.5) is 8.78 Å². The number of hydrogen-bond acceptors (Lipinski definition) is 5. The van der Waals surface area contributed by atoms with Gasteiger partial charge in [0.1, 0.15) is 0 Å². The molecule has 1 unspecified atom stereocenters. The first-order valence-electron chi connectivity index (χ1n) is 6.17. The third-order valence-electron chi connectivity index (χ3n) is 2.87. The number of carbonyl (C=O) groups excluding carboxylic acids is 1. The molecule has 0 aliphatic heterocycles. The molecule has 1 N–H and O–H groups in total. The predicted octanol–water partition coefficient (Wildman–Crippen LogP) is 2.39. The topological polar surface area (TPSA) is 76.1 Å². The molecule has 0 spiro atoms. The van der Waals surface area contributed by atoms with Gasteiger partial charge < -0.3 is 0 Å². The maximum Gasteiger partial charge on any atom is 0.282 e. The van der Waals surface area contributed by atoms with Gasteiger partial charge in [0, 0.05) is 11.8 Å². The largest absolute Gasteiger partial charge is 0.282 e. The minimum atomic E-state index is -4.11. The van der Waals surface area contributed by atoms with Crippen LogP contribution in [0.15, 0.2) is 46.2 Å². The molecule has 9 heteroatoms. The van der Waals surface area contributed by atoms with E-state index in [2.05, 4.69) is 4.98 Å². The highest BCUT2D eigenvalue weighted by Crippen LogP contribution is 2.26. The van der Waals surface area contributed by atoms with Gasteiger partial charge in [0.25, 0.3) is 10.0 Å². The number of rotatable bonds is 6. The summed E-state index contributed by atoms with van der Waals surface area (Å²) in [5.41, 5.74) is 1.57. The monoisotopic (exact) mass is 346 g/mol. The molecule has 0 bridgehead atoms. The standard InChI is InChI=1S/C13H12F2N2O3S2/c14-13(15)10(9-4-2-1-3-5-9)6-11(18)17-22(19,20)12-7-21-8-16-12/h1-5,7-8,10,13H,6H2,(H,17,18). The number of aromatic nitrogens is 1. The summed E-state index contributed by atoms with van der Waals surface area (Å²) in [5, 5.41) is 0.941. The summed E-state index contributed by atoms with van der Waals surface area (Å²) in [6, 6.07) is 7.76. The zero-order valence-electron chi connectivity index (χ0n) is 11.1. The van der Waals surface area contributed by atoms with Crippen LogP contribution >= 0.6 is 11.3 Å². The Kier molecular flexibility index (Phi) is 5.19. The van der Waals surface area contributed by atoms with E-state index in [1.54, 1.807) is 22.9 Å². The Morgan fingerprint density at radius 3 is 2.50 bits per heavy atom. The first-order valence-corrected chi connectivity index (χ1v) is 8.59. The van der Waals surface area contributed by atoms with Crippen molar-refractivity contribution in [3.05, 3.63) is 46.8 Å². The predicted molar refractivity (Wildman–Crippen MR) is 77.2 cm³/mol. The molecule has 1 atom stereocenters. The number of amides is 1. The van der Waals surface area contributed by atoms with Gasteiger partial charge in [-0.3, -0.25) is 4.79 Å². The number of carbonyl (C=O) groups is 1. The molecule has 22 heavy (non-hydrogen) atoms. The highest BCUT2D eigenvalue weighted by Gasteiger charge is 2.28. The molecular weight excluding hydrogens is 334 g/mol. The summed E-state index contributed by atoms with van der Waals surface area (Å²) in [4.78, 5) is 15.4. The number of thiazole rings is 1. The van der Waals surface area contributed by atoms with E-state index in [9.17, 15) is 22.0 Å². The number of nitrogens with one attached hydrogen (secondary N) is 1. The van der Waals surface area contributed by atoms with E-state index >= 15 is 0 Å². The number of benzene rings is 1. The van der Waals surface area contributed by atoms with E-state index in [0.29, 0.717) is 0 Å². The van der Waals surface area contributed by atoms with Gasteiger partial charge in [-0.05, 0) is 5.56 Å². The smallest absolute Gasteiger partial charge is 0.274 e. The summed E-state index contributed by atoms with van der Waals surface area (Å²) in [5.74, 6) is -2.37. The van der Waals surface area contributed by atoms with Gasteiger partial charge in [0.15, 0.2) is 5.03 Å². The Labute approximate surface area is 130 Å². The van der Waals surface area contributed by atoms with E-state index < -0.39 is 34.7 Å². The van der Waals surface area contributed by atoms with Gasteiger partial charge in [-0.15, -0.1) is 11.3 Å². The van der Waals surface area contributed by atoms with Crippen LogP contribution in [-0.2, 0) is 14.8 Å². The molecular formula is C13H12F2N2O3S2. The summed E-state index contributed by atoms with van der Waals surface area (Å²) in [6.07, 6.45) is -3.42. The van der Waals surface area contributed by atoms with Gasteiger partial charge in [-0.1, -0.05) is 30.3 Å². The van der Waals surface area contributed by atoms with Crippen molar-refractivity contribution in [1.29, 1.82) is 0 Å². The van der Waals surface area contributed by atoms with Gasteiger partial charge in [0.05, 0.1) is 11.4 Å². The average Bonchev–Trinajstić information content (AvgIpc) is 3.00. The van der Waals surface area contributed by atoms with Crippen LogP contribution in [0, 0.1) is 0 Å². The summed E-state index contributed by atoms with van der Waals surface area (Å²) in [7, 11) is -4.11. The maximum atomic E-state index is 13.1. The quantitative estimate of drug-likeness (QED) is 0.871. The van der Waals surface area contributed by atoms with E-state index in [4.69, 9.17) is 0 Å². The molecule has 1 aromatic carbocycles.